The van der Waals surface area contributed by atoms with Crippen LogP contribution in [0.15, 0.2) is 12.1 Å². The number of fused-ring (bicyclic) bond motifs is 1. The molecule has 0 unspecified atom stereocenters. The monoisotopic (exact) mass is 261 g/mol. The fourth-order valence-corrected chi connectivity index (χ4v) is 1.84. The summed E-state index contributed by atoms with van der Waals surface area (Å²) in [4.78, 5) is 12.9. The molecular weight excluding hydrogens is 254 g/mol. The quantitative estimate of drug-likeness (QED) is 0.773. The zero-order valence-corrected chi connectivity index (χ0v) is 9.02. The summed E-state index contributed by atoms with van der Waals surface area (Å²) in [6, 6.07) is 1.56. The summed E-state index contributed by atoms with van der Waals surface area (Å²) in [5.41, 5.74) is -2.04. The first-order chi connectivity index (χ1) is 8.21. The van der Waals surface area contributed by atoms with E-state index in [2.05, 4.69) is 0 Å². The average molecular weight is 261 g/mol. The van der Waals surface area contributed by atoms with Gasteiger partial charge in [0.05, 0.1) is 11.1 Å². The van der Waals surface area contributed by atoms with Crippen LogP contribution < -0.4 is 0 Å². The van der Waals surface area contributed by atoms with Crippen molar-refractivity contribution >= 4 is 16.9 Å². The SMILES string of the molecule is Cc1c(C(F)(F)F)[nH]c2c(C(=O)O)cc(F)cc12. The summed E-state index contributed by atoms with van der Waals surface area (Å²) < 4.78 is 51.1. The number of hydrogen-bond acceptors (Lipinski definition) is 1. The lowest BCUT2D eigenvalue weighted by Crippen LogP contribution is -2.07. The van der Waals surface area contributed by atoms with E-state index in [9.17, 15) is 22.4 Å². The highest BCUT2D eigenvalue weighted by atomic mass is 19.4. The molecule has 0 saturated heterocycles. The second-order valence-electron chi connectivity index (χ2n) is 3.80. The number of aromatic carboxylic acids is 1. The van der Waals surface area contributed by atoms with Crippen molar-refractivity contribution in [2.24, 2.45) is 0 Å². The summed E-state index contributed by atoms with van der Waals surface area (Å²) >= 11 is 0. The molecule has 0 saturated carbocycles. The molecule has 0 aliphatic carbocycles. The number of H-pyrrole nitrogens is 1. The number of aromatic amines is 1. The Morgan fingerprint density at radius 2 is 1.94 bits per heavy atom. The Morgan fingerprint density at radius 3 is 2.44 bits per heavy atom. The molecule has 0 bridgehead atoms. The zero-order chi connectivity index (χ0) is 13.7. The van der Waals surface area contributed by atoms with E-state index >= 15 is 0 Å². The van der Waals surface area contributed by atoms with Crippen LogP contribution in [0.5, 0.6) is 0 Å². The van der Waals surface area contributed by atoms with Crippen LogP contribution >= 0.6 is 0 Å². The Morgan fingerprint density at radius 1 is 1.33 bits per heavy atom. The number of aryl methyl sites for hydroxylation is 1. The lowest BCUT2D eigenvalue weighted by Gasteiger charge is -2.04. The zero-order valence-electron chi connectivity index (χ0n) is 9.02. The van der Waals surface area contributed by atoms with Gasteiger partial charge in [0.25, 0.3) is 0 Å². The van der Waals surface area contributed by atoms with Gasteiger partial charge in [-0.3, -0.25) is 0 Å². The van der Waals surface area contributed by atoms with Crippen molar-refractivity contribution in [3.63, 3.8) is 0 Å². The predicted octanol–water partition coefficient (Wildman–Crippen LogP) is 3.33. The Balaban J connectivity index is 2.88. The second kappa shape index (κ2) is 3.72. The van der Waals surface area contributed by atoms with Crippen LogP contribution in [0.1, 0.15) is 21.6 Å². The Bertz CT molecular complexity index is 643. The second-order valence-corrected chi connectivity index (χ2v) is 3.80. The van der Waals surface area contributed by atoms with Crippen molar-refractivity contribution in [1.82, 2.24) is 4.98 Å². The van der Waals surface area contributed by atoms with Crippen molar-refractivity contribution in [3.05, 3.63) is 34.8 Å². The van der Waals surface area contributed by atoms with Gasteiger partial charge < -0.3 is 10.1 Å². The van der Waals surface area contributed by atoms with E-state index < -0.39 is 29.2 Å². The number of carboxylic acids is 1. The Kier molecular flexibility index (Phi) is 2.57. The van der Waals surface area contributed by atoms with Crippen molar-refractivity contribution < 1.29 is 27.5 Å². The number of rotatable bonds is 1. The third kappa shape index (κ3) is 1.81. The molecule has 0 radical (unpaired) electrons. The normalized spacial score (nSPS) is 12.1. The summed E-state index contributed by atoms with van der Waals surface area (Å²) in [6.07, 6.45) is -4.64. The van der Waals surface area contributed by atoms with E-state index in [0.29, 0.717) is 6.07 Å². The number of benzene rings is 1. The van der Waals surface area contributed by atoms with E-state index in [0.717, 1.165) is 13.0 Å². The van der Waals surface area contributed by atoms with Gasteiger partial charge in [0.1, 0.15) is 11.5 Å². The van der Waals surface area contributed by atoms with Crippen LogP contribution in [0.4, 0.5) is 17.6 Å². The van der Waals surface area contributed by atoms with Gasteiger partial charge in [-0.05, 0) is 24.6 Å². The number of aromatic nitrogens is 1. The lowest BCUT2D eigenvalue weighted by molar-refractivity contribution is -0.141. The maximum absolute atomic E-state index is 13.2. The molecule has 1 heterocycles. The fraction of sp³-hybridized carbons (Fsp3) is 0.182. The van der Waals surface area contributed by atoms with Gasteiger partial charge in [-0.25, -0.2) is 9.18 Å². The Hall–Kier alpha value is -2.05. The number of halogens is 4. The van der Waals surface area contributed by atoms with Gasteiger partial charge in [0.15, 0.2) is 0 Å². The highest BCUT2D eigenvalue weighted by Crippen LogP contribution is 2.36. The molecule has 18 heavy (non-hydrogen) atoms. The van der Waals surface area contributed by atoms with Crippen molar-refractivity contribution in [2.75, 3.05) is 0 Å². The molecular formula is C11H7F4NO2. The number of hydrogen-bond donors (Lipinski definition) is 2. The summed E-state index contributed by atoms with van der Waals surface area (Å²) in [7, 11) is 0. The molecule has 3 nitrogen and oxygen atoms in total. The van der Waals surface area contributed by atoms with Crippen molar-refractivity contribution in [2.45, 2.75) is 13.1 Å². The van der Waals surface area contributed by atoms with Crippen LogP contribution in [-0.2, 0) is 6.18 Å². The highest BCUT2D eigenvalue weighted by molar-refractivity contribution is 6.03. The van der Waals surface area contributed by atoms with Crippen molar-refractivity contribution in [1.29, 1.82) is 0 Å². The maximum Gasteiger partial charge on any atom is 0.431 e. The number of carbonyl (C=O) groups is 1. The van der Waals surface area contributed by atoms with Crippen molar-refractivity contribution in [3.8, 4) is 0 Å². The smallest absolute Gasteiger partial charge is 0.431 e. The van der Waals surface area contributed by atoms with E-state index in [-0.39, 0.29) is 16.5 Å². The van der Waals surface area contributed by atoms with Gasteiger partial charge in [0, 0.05) is 5.39 Å². The minimum Gasteiger partial charge on any atom is -0.478 e. The third-order valence-electron chi connectivity index (χ3n) is 2.65. The van der Waals surface area contributed by atoms with Gasteiger partial charge in [-0.2, -0.15) is 13.2 Å². The van der Waals surface area contributed by atoms with Crippen LogP contribution in [0.2, 0.25) is 0 Å². The Labute approximate surface area is 98.0 Å². The van der Waals surface area contributed by atoms with Gasteiger partial charge in [-0.15, -0.1) is 0 Å². The molecule has 0 atom stereocenters. The highest BCUT2D eigenvalue weighted by Gasteiger charge is 2.35. The lowest BCUT2D eigenvalue weighted by atomic mass is 10.1. The van der Waals surface area contributed by atoms with Gasteiger partial charge in [-0.1, -0.05) is 0 Å². The standard InChI is InChI=1S/C11H7F4NO2/c1-4-6-2-5(12)3-7(10(17)18)8(6)16-9(4)11(13,14)15/h2-3,16H,1H3,(H,17,18). The molecule has 2 N–H and O–H groups in total. The molecule has 2 rings (SSSR count). The van der Waals surface area contributed by atoms with Crippen LogP contribution in [0.3, 0.4) is 0 Å². The molecule has 2 aromatic rings. The maximum atomic E-state index is 13.2. The molecule has 7 heteroatoms. The molecule has 0 aliphatic rings. The topological polar surface area (TPSA) is 53.1 Å². The minimum atomic E-state index is -4.64. The largest absolute Gasteiger partial charge is 0.478 e. The molecule has 0 aliphatic heterocycles. The van der Waals surface area contributed by atoms with E-state index in [1.807, 2.05) is 4.98 Å². The summed E-state index contributed by atoms with van der Waals surface area (Å²) in [5, 5.41) is 8.76. The molecule has 0 amide bonds. The average Bonchev–Trinajstić information content (AvgIpc) is 2.55. The summed E-state index contributed by atoms with van der Waals surface area (Å²) in [5.74, 6) is -2.38. The molecule has 0 fully saturated rings. The number of alkyl halides is 3. The van der Waals surface area contributed by atoms with Crippen LogP contribution in [0.25, 0.3) is 10.9 Å². The molecule has 1 aromatic heterocycles. The molecule has 0 spiro atoms. The fourth-order valence-electron chi connectivity index (χ4n) is 1.84. The van der Waals surface area contributed by atoms with E-state index in [1.54, 1.807) is 0 Å². The first-order valence-corrected chi connectivity index (χ1v) is 4.84. The predicted molar refractivity (Wildman–Crippen MR) is 55.0 cm³/mol. The third-order valence-corrected chi connectivity index (χ3v) is 2.65. The molecule has 96 valence electrons. The minimum absolute atomic E-state index is 0.0836. The van der Waals surface area contributed by atoms with E-state index in [4.69, 9.17) is 5.11 Å². The number of nitrogens with one attached hydrogen (secondary N) is 1. The van der Waals surface area contributed by atoms with Gasteiger partial charge >= 0.3 is 12.1 Å². The first-order valence-electron chi connectivity index (χ1n) is 4.84. The first kappa shape index (κ1) is 12.4. The van der Waals surface area contributed by atoms with Crippen LogP contribution in [-0.4, -0.2) is 16.1 Å². The van der Waals surface area contributed by atoms with Gasteiger partial charge in [0.2, 0.25) is 0 Å². The summed E-state index contributed by atoms with van der Waals surface area (Å²) in [6.45, 7) is 1.16. The van der Waals surface area contributed by atoms with Crippen LogP contribution in [0, 0.1) is 12.7 Å². The van der Waals surface area contributed by atoms with E-state index in [1.165, 1.54) is 0 Å². The number of carboxylic acid groups (broad SMARTS) is 1. The molecule has 1 aromatic carbocycles.